The lowest BCUT2D eigenvalue weighted by molar-refractivity contribution is -0.184. The summed E-state index contributed by atoms with van der Waals surface area (Å²) in [6.45, 7) is -0.737. The summed E-state index contributed by atoms with van der Waals surface area (Å²) in [4.78, 5) is 28.5. The van der Waals surface area contributed by atoms with Crippen LogP contribution in [0.15, 0.2) is 42.5 Å². The van der Waals surface area contributed by atoms with Crippen molar-refractivity contribution in [3.63, 3.8) is 0 Å². The Morgan fingerprint density at radius 2 is 1.77 bits per heavy atom. The molecule has 0 saturated carbocycles. The van der Waals surface area contributed by atoms with E-state index in [2.05, 4.69) is 0 Å². The molecular weight excluding hydrogens is 418 g/mol. The van der Waals surface area contributed by atoms with Crippen molar-refractivity contribution in [3.05, 3.63) is 65.0 Å². The number of ether oxygens (including phenoxy) is 1. The fourth-order valence-corrected chi connectivity index (χ4v) is 3.68. The highest BCUT2D eigenvalue weighted by molar-refractivity contribution is 6.10. The Balaban J connectivity index is 1.62. The molecule has 4 rings (SSSR count). The van der Waals surface area contributed by atoms with E-state index in [0.29, 0.717) is 5.56 Å². The molecule has 0 aliphatic carbocycles. The molecule has 2 aliphatic heterocycles. The van der Waals surface area contributed by atoms with E-state index in [-0.39, 0.29) is 31.0 Å². The van der Waals surface area contributed by atoms with E-state index < -0.39 is 41.5 Å². The molecule has 2 amide bonds. The predicted molar refractivity (Wildman–Crippen MR) is 99.0 cm³/mol. The van der Waals surface area contributed by atoms with Gasteiger partial charge in [0.15, 0.2) is 5.54 Å². The summed E-state index contributed by atoms with van der Waals surface area (Å²) < 4.78 is 58.0. The van der Waals surface area contributed by atoms with Gasteiger partial charge in [-0.25, -0.2) is 4.39 Å². The van der Waals surface area contributed by atoms with E-state index in [1.54, 1.807) is 6.07 Å². The average Bonchev–Trinajstić information content (AvgIpc) is 2.69. The number of rotatable bonds is 3. The number of hydrogen-bond donors (Lipinski definition) is 0. The van der Waals surface area contributed by atoms with Gasteiger partial charge in [0.2, 0.25) is 5.91 Å². The van der Waals surface area contributed by atoms with Gasteiger partial charge >= 0.3 is 6.18 Å². The number of benzene rings is 2. The maximum atomic E-state index is 14.5. The molecule has 0 N–H and O–H groups in total. The molecule has 2 fully saturated rings. The van der Waals surface area contributed by atoms with E-state index in [1.807, 2.05) is 0 Å². The van der Waals surface area contributed by atoms with Crippen molar-refractivity contribution < 1.29 is 31.9 Å². The van der Waals surface area contributed by atoms with Gasteiger partial charge in [0.25, 0.3) is 5.91 Å². The first-order valence-corrected chi connectivity index (χ1v) is 9.22. The molecule has 2 aromatic carbocycles. The summed E-state index contributed by atoms with van der Waals surface area (Å²) in [6.07, 6.45) is -4.48. The zero-order valence-corrected chi connectivity index (χ0v) is 15.9. The van der Waals surface area contributed by atoms with Crippen LogP contribution in [0.3, 0.4) is 0 Å². The second-order valence-corrected chi connectivity index (χ2v) is 7.37. The largest absolute Gasteiger partial charge is 0.416 e. The second kappa shape index (κ2) is 7.35. The van der Waals surface area contributed by atoms with Crippen molar-refractivity contribution in [1.82, 2.24) is 4.90 Å². The second-order valence-electron chi connectivity index (χ2n) is 7.37. The van der Waals surface area contributed by atoms with Gasteiger partial charge in [0.05, 0.1) is 36.1 Å². The molecular formula is C21H15F4N3O3. The molecule has 0 atom stereocenters. The normalized spacial score (nSPS) is 18.2. The minimum atomic E-state index is -4.48. The number of alkyl halides is 3. The number of halogens is 4. The minimum Gasteiger partial charge on any atom is -0.375 e. The molecule has 160 valence electrons. The summed E-state index contributed by atoms with van der Waals surface area (Å²) in [5.41, 5.74) is -1.82. The third kappa shape index (κ3) is 3.51. The van der Waals surface area contributed by atoms with E-state index in [4.69, 9.17) is 10.00 Å². The highest BCUT2D eigenvalue weighted by Crippen LogP contribution is 2.36. The van der Waals surface area contributed by atoms with Crippen molar-refractivity contribution in [2.24, 2.45) is 0 Å². The van der Waals surface area contributed by atoms with Crippen molar-refractivity contribution in [2.45, 2.75) is 18.3 Å². The number of anilines is 1. The Morgan fingerprint density at radius 1 is 1.10 bits per heavy atom. The standard InChI is InChI=1S/C21H15F4N3O3/c22-16-7-14(8-26)3-6-17(16)27-10-18(29)28(20(19(27)30)11-31-12-20)9-13-1-4-15(5-2-13)21(23,24)25/h1-7H,9-12H2. The Kier molecular flexibility index (Phi) is 4.94. The van der Waals surface area contributed by atoms with Gasteiger partial charge in [0.1, 0.15) is 12.4 Å². The lowest BCUT2D eigenvalue weighted by atomic mass is 9.89. The molecule has 2 aromatic rings. The number of nitrogens with zero attached hydrogens (tertiary/aromatic N) is 3. The van der Waals surface area contributed by atoms with Gasteiger partial charge in [-0.2, -0.15) is 18.4 Å². The lowest BCUT2D eigenvalue weighted by Gasteiger charge is -2.53. The lowest BCUT2D eigenvalue weighted by Crippen LogP contribution is -2.76. The molecule has 0 unspecified atom stereocenters. The summed E-state index contributed by atoms with van der Waals surface area (Å²) in [6, 6.07) is 9.70. The molecule has 0 radical (unpaired) electrons. The van der Waals surface area contributed by atoms with E-state index in [9.17, 15) is 27.2 Å². The van der Waals surface area contributed by atoms with Crippen LogP contribution in [0, 0.1) is 17.1 Å². The van der Waals surface area contributed by atoms with E-state index in [1.165, 1.54) is 29.2 Å². The molecule has 0 bridgehead atoms. The van der Waals surface area contributed by atoms with Crippen LogP contribution in [0.2, 0.25) is 0 Å². The summed E-state index contributed by atoms with van der Waals surface area (Å²) >= 11 is 0. The van der Waals surface area contributed by atoms with Gasteiger partial charge < -0.3 is 9.64 Å². The van der Waals surface area contributed by atoms with Crippen LogP contribution in [0.1, 0.15) is 16.7 Å². The van der Waals surface area contributed by atoms with Crippen molar-refractivity contribution in [3.8, 4) is 6.07 Å². The molecule has 6 nitrogen and oxygen atoms in total. The highest BCUT2D eigenvalue weighted by Gasteiger charge is 2.58. The smallest absolute Gasteiger partial charge is 0.375 e. The number of carbonyl (C=O) groups excluding carboxylic acids is 2. The predicted octanol–water partition coefficient (Wildman–Crippen LogP) is 2.86. The zero-order valence-electron chi connectivity index (χ0n) is 15.9. The van der Waals surface area contributed by atoms with Crippen molar-refractivity contribution in [1.29, 1.82) is 5.26 Å². The van der Waals surface area contributed by atoms with Gasteiger partial charge in [-0.1, -0.05) is 12.1 Å². The maximum absolute atomic E-state index is 14.5. The number of hydrogen-bond acceptors (Lipinski definition) is 4. The molecule has 31 heavy (non-hydrogen) atoms. The van der Waals surface area contributed by atoms with Crippen LogP contribution in [0.4, 0.5) is 23.2 Å². The fraction of sp³-hybridized carbons (Fsp3) is 0.286. The first-order chi connectivity index (χ1) is 14.7. The zero-order chi connectivity index (χ0) is 22.4. The molecule has 2 saturated heterocycles. The SMILES string of the molecule is N#Cc1ccc(N2CC(=O)N(Cc3ccc(C(F)(F)F)cc3)C3(COC3)C2=O)c(F)c1. The number of piperazine rings is 1. The topological polar surface area (TPSA) is 73.6 Å². The van der Waals surface area contributed by atoms with Gasteiger partial charge in [-0.05, 0) is 35.9 Å². The average molecular weight is 433 g/mol. The first-order valence-electron chi connectivity index (χ1n) is 9.22. The maximum Gasteiger partial charge on any atom is 0.416 e. The third-order valence-corrected chi connectivity index (χ3v) is 5.43. The molecule has 2 aliphatic rings. The van der Waals surface area contributed by atoms with Gasteiger partial charge in [-0.3, -0.25) is 14.5 Å². The molecule has 10 heteroatoms. The van der Waals surface area contributed by atoms with Crippen LogP contribution in [-0.4, -0.2) is 42.0 Å². The quantitative estimate of drug-likeness (QED) is 0.698. The Bertz CT molecular complexity index is 1090. The molecule has 2 heterocycles. The van der Waals surface area contributed by atoms with Crippen LogP contribution in [0.25, 0.3) is 0 Å². The minimum absolute atomic E-state index is 0.0719. The fourth-order valence-electron chi connectivity index (χ4n) is 3.68. The van der Waals surface area contributed by atoms with Crippen molar-refractivity contribution >= 4 is 17.5 Å². The first kappa shape index (κ1) is 20.8. The van der Waals surface area contributed by atoms with E-state index >= 15 is 0 Å². The molecule has 1 spiro atoms. The summed E-state index contributed by atoms with van der Waals surface area (Å²) in [5, 5.41) is 8.89. The molecule has 0 aromatic heterocycles. The Morgan fingerprint density at radius 3 is 2.29 bits per heavy atom. The number of carbonyl (C=O) groups is 2. The Labute approximate surface area is 174 Å². The summed E-state index contributed by atoms with van der Waals surface area (Å²) in [7, 11) is 0. The van der Waals surface area contributed by atoms with Gasteiger partial charge in [0, 0.05) is 6.54 Å². The van der Waals surface area contributed by atoms with Gasteiger partial charge in [-0.15, -0.1) is 0 Å². The summed E-state index contributed by atoms with van der Waals surface area (Å²) in [5.74, 6) is -1.85. The van der Waals surface area contributed by atoms with Crippen molar-refractivity contribution in [2.75, 3.05) is 24.7 Å². The Hall–Kier alpha value is -3.45. The number of amides is 2. The highest BCUT2D eigenvalue weighted by atomic mass is 19.4. The van der Waals surface area contributed by atoms with E-state index in [0.717, 1.165) is 23.1 Å². The van der Waals surface area contributed by atoms with Crippen LogP contribution in [-0.2, 0) is 27.0 Å². The van der Waals surface area contributed by atoms with Crippen LogP contribution in [0.5, 0.6) is 0 Å². The number of nitriles is 1. The van der Waals surface area contributed by atoms with Crippen LogP contribution < -0.4 is 4.90 Å². The van der Waals surface area contributed by atoms with Crippen LogP contribution >= 0.6 is 0 Å². The monoisotopic (exact) mass is 433 g/mol. The third-order valence-electron chi connectivity index (χ3n) is 5.43.